The molecule has 3 saturated heterocycles. The Morgan fingerprint density at radius 1 is 0.930 bits per heavy atom. The summed E-state index contributed by atoms with van der Waals surface area (Å²) in [7, 11) is 0. The minimum Gasteiger partial charge on any atom is -0.491 e. The third kappa shape index (κ3) is 7.89. The number of aromatic nitrogens is 5. The Labute approximate surface area is 338 Å². The fourth-order valence-corrected chi connectivity index (χ4v) is 9.02. The molecule has 6 heterocycles. The van der Waals surface area contributed by atoms with Crippen molar-refractivity contribution in [1.82, 2.24) is 34.6 Å². The molecule has 0 radical (unpaired) electrons. The van der Waals surface area contributed by atoms with E-state index >= 15 is 0 Å². The van der Waals surface area contributed by atoms with Gasteiger partial charge in [0.05, 0.1) is 41.9 Å². The molecule has 2 aromatic carbocycles. The molecule has 0 spiro atoms. The van der Waals surface area contributed by atoms with Crippen molar-refractivity contribution in [2.24, 2.45) is 0 Å². The van der Waals surface area contributed by atoms with Crippen molar-refractivity contribution in [3.8, 4) is 17.2 Å². The second-order valence-electron chi connectivity index (χ2n) is 16.8. The second kappa shape index (κ2) is 15.8. The largest absolute Gasteiger partial charge is 0.491 e. The summed E-state index contributed by atoms with van der Waals surface area (Å²) in [5.41, 5.74) is 4.22. The number of urea groups is 1. The molecule has 4 aliphatic rings. The first-order chi connectivity index (χ1) is 27.7. The van der Waals surface area contributed by atoms with Gasteiger partial charge in [0.25, 0.3) is 0 Å². The van der Waals surface area contributed by atoms with Crippen LogP contribution in [0.1, 0.15) is 94.7 Å². The Morgan fingerprint density at radius 2 is 1.72 bits per heavy atom. The van der Waals surface area contributed by atoms with Crippen molar-refractivity contribution < 1.29 is 19.0 Å². The average Bonchev–Trinajstić information content (AvgIpc) is 3.89. The maximum absolute atomic E-state index is 13.9. The topological polar surface area (TPSA) is 123 Å². The minimum atomic E-state index is -0.315. The molecule has 2 N–H and O–H groups in total. The quantitative estimate of drug-likeness (QED) is 0.145. The van der Waals surface area contributed by atoms with E-state index in [4.69, 9.17) is 30.9 Å². The monoisotopic (exact) mass is 793 g/mol. The number of benzene rings is 2. The number of amides is 2. The zero-order valence-electron chi connectivity index (χ0n) is 33.0. The van der Waals surface area contributed by atoms with Crippen molar-refractivity contribution in [3.05, 3.63) is 88.7 Å². The number of carbonyl (C=O) groups is 1. The molecule has 0 saturated carbocycles. The number of pyridine rings is 1. The van der Waals surface area contributed by atoms with E-state index in [2.05, 4.69) is 63.5 Å². The number of nitrogens with one attached hydrogen (secondary N) is 2. The zero-order chi connectivity index (χ0) is 39.1. The standard InChI is InChI=1S/C43H52ClN9O4/c1-43(2,3)38-24-40(53(49-38)28-13-15-34(44)37(23-28)56-22-21-51-29-11-12-30(51)27-55-26-29)46-41(54)45-35-16-17-36(33-10-6-5-9-32(33)35)57-31-14-18-39-47-48-42(52(39)25-31)50-19-7-4-8-20-50/h5-6,9-10,13-15,18,23-25,29-30,35-36H,4,7-8,11-12,16-17,19-22,26-27H2,1-3H3,(H2,45,46,54)/t29?,30?,35-,36+/m0/s1. The number of hydrogen-bond acceptors (Lipinski definition) is 9. The molecule has 2 bridgehead atoms. The summed E-state index contributed by atoms with van der Waals surface area (Å²) in [6.45, 7) is 11.2. The van der Waals surface area contributed by atoms with Crippen LogP contribution in [-0.2, 0) is 10.2 Å². The maximum Gasteiger partial charge on any atom is 0.320 e. The number of ether oxygens (including phenoxy) is 3. The van der Waals surface area contributed by atoms with Crippen molar-refractivity contribution in [2.45, 2.75) is 95.4 Å². The van der Waals surface area contributed by atoms with Gasteiger partial charge in [-0.1, -0.05) is 56.6 Å². The maximum atomic E-state index is 13.9. The third-order valence-corrected chi connectivity index (χ3v) is 12.2. The van der Waals surface area contributed by atoms with Crippen molar-refractivity contribution in [2.75, 3.05) is 49.7 Å². The van der Waals surface area contributed by atoms with E-state index in [1.54, 1.807) is 4.68 Å². The van der Waals surface area contributed by atoms with Gasteiger partial charge in [0.2, 0.25) is 5.95 Å². The smallest absolute Gasteiger partial charge is 0.320 e. The average molecular weight is 794 g/mol. The van der Waals surface area contributed by atoms with Crippen LogP contribution in [0.4, 0.5) is 16.6 Å². The second-order valence-corrected chi connectivity index (χ2v) is 17.2. The highest BCUT2D eigenvalue weighted by molar-refractivity contribution is 6.32. The molecular formula is C43H52ClN9O4. The summed E-state index contributed by atoms with van der Waals surface area (Å²) in [5, 5.41) is 20.8. The van der Waals surface area contributed by atoms with Crippen LogP contribution < -0.4 is 25.0 Å². The molecule has 4 atom stereocenters. The van der Waals surface area contributed by atoms with Gasteiger partial charge < -0.3 is 24.4 Å². The van der Waals surface area contributed by atoms with Gasteiger partial charge in [-0.25, -0.2) is 9.48 Å². The van der Waals surface area contributed by atoms with Crippen LogP contribution in [0.3, 0.4) is 0 Å². The number of hydrogen-bond donors (Lipinski definition) is 2. The van der Waals surface area contributed by atoms with Crippen LogP contribution in [0, 0.1) is 0 Å². The molecule has 14 heteroatoms. The lowest BCUT2D eigenvalue weighted by atomic mass is 9.85. The Balaban J connectivity index is 0.894. The number of halogens is 1. The lowest BCUT2D eigenvalue weighted by molar-refractivity contribution is -0.0190. The van der Waals surface area contributed by atoms with E-state index in [1.165, 1.54) is 19.3 Å². The first-order valence-electron chi connectivity index (χ1n) is 20.5. The molecule has 57 heavy (non-hydrogen) atoms. The SMILES string of the molecule is CC(C)(C)c1cc(NC(=O)N[C@H]2CC[C@@H](Oc3ccc4nnc(N5CCCCC5)n4c3)c3ccccc32)n(-c2ccc(Cl)c(OCCN3C4CCC3COC4)c2)n1. The van der Waals surface area contributed by atoms with E-state index in [-0.39, 0.29) is 23.6 Å². The number of rotatable bonds is 10. The first-order valence-corrected chi connectivity index (χ1v) is 20.9. The molecule has 300 valence electrons. The molecular weight excluding hydrogens is 742 g/mol. The van der Waals surface area contributed by atoms with E-state index in [0.29, 0.717) is 41.7 Å². The van der Waals surface area contributed by atoms with Crippen LogP contribution in [0.5, 0.6) is 11.5 Å². The van der Waals surface area contributed by atoms with E-state index in [0.717, 1.165) is 92.0 Å². The van der Waals surface area contributed by atoms with Gasteiger partial charge in [-0.2, -0.15) is 5.10 Å². The molecule has 3 aliphatic heterocycles. The van der Waals surface area contributed by atoms with Gasteiger partial charge in [-0.3, -0.25) is 14.6 Å². The Hall–Kier alpha value is -4.85. The Morgan fingerprint density at radius 3 is 2.51 bits per heavy atom. The third-order valence-electron chi connectivity index (χ3n) is 11.9. The summed E-state index contributed by atoms with van der Waals surface area (Å²) in [5.74, 6) is 2.75. The van der Waals surface area contributed by atoms with Crippen molar-refractivity contribution >= 4 is 35.0 Å². The number of piperidine rings is 1. The minimum absolute atomic E-state index is 0.171. The van der Waals surface area contributed by atoms with Gasteiger partial charge in [0.15, 0.2) is 5.65 Å². The molecule has 1 aliphatic carbocycles. The zero-order valence-corrected chi connectivity index (χ0v) is 33.8. The molecule has 9 rings (SSSR count). The number of fused-ring (bicyclic) bond motifs is 4. The molecule has 2 amide bonds. The van der Waals surface area contributed by atoms with Crippen LogP contribution in [0.25, 0.3) is 11.3 Å². The predicted molar refractivity (Wildman–Crippen MR) is 220 cm³/mol. The molecule has 13 nitrogen and oxygen atoms in total. The summed E-state index contributed by atoms with van der Waals surface area (Å²) < 4.78 is 22.5. The van der Waals surface area contributed by atoms with Gasteiger partial charge in [0.1, 0.15) is 30.0 Å². The lowest BCUT2D eigenvalue weighted by Crippen LogP contribution is -2.47. The van der Waals surface area contributed by atoms with Crippen molar-refractivity contribution in [3.63, 3.8) is 0 Å². The Bertz CT molecular complexity index is 2210. The van der Waals surface area contributed by atoms with E-state index in [9.17, 15) is 4.79 Å². The predicted octanol–water partition coefficient (Wildman–Crippen LogP) is 7.87. The highest BCUT2D eigenvalue weighted by atomic mass is 35.5. The fourth-order valence-electron chi connectivity index (χ4n) is 8.84. The van der Waals surface area contributed by atoms with Gasteiger partial charge in [-0.05, 0) is 80.3 Å². The normalized spacial score (nSPS) is 22.4. The highest BCUT2D eigenvalue weighted by Crippen LogP contribution is 2.39. The molecule has 3 fully saturated rings. The summed E-state index contributed by atoms with van der Waals surface area (Å²) in [6, 6.07) is 20.1. The van der Waals surface area contributed by atoms with Gasteiger partial charge in [-0.15, -0.1) is 10.2 Å². The molecule has 3 aromatic heterocycles. The Kier molecular flexibility index (Phi) is 10.5. The fraction of sp³-hybridized carbons (Fsp3) is 0.488. The van der Waals surface area contributed by atoms with Gasteiger partial charge in [0, 0.05) is 49.3 Å². The highest BCUT2D eigenvalue weighted by Gasteiger charge is 2.37. The number of morpholine rings is 1. The number of anilines is 2. The van der Waals surface area contributed by atoms with Crippen molar-refractivity contribution in [1.29, 1.82) is 0 Å². The molecule has 5 aromatic rings. The van der Waals surface area contributed by atoms with Crippen LogP contribution >= 0.6 is 11.6 Å². The number of carbonyl (C=O) groups excluding carboxylic acids is 1. The number of nitrogens with zero attached hydrogens (tertiary/aromatic N) is 7. The van der Waals surface area contributed by atoms with E-state index in [1.807, 2.05) is 59.1 Å². The van der Waals surface area contributed by atoms with E-state index < -0.39 is 0 Å². The van der Waals surface area contributed by atoms with Crippen LogP contribution in [0.2, 0.25) is 5.02 Å². The summed E-state index contributed by atoms with van der Waals surface area (Å²) in [6.07, 6.45) is 9.18. The van der Waals surface area contributed by atoms with Gasteiger partial charge >= 0.3 is 6.03 Å². The summed E-state index contributed by atoms with van der Waals surface area (Å²) in [4.78, 5) is 18.7. The lowest BCUT2D eigenvalue weighted by Gasteiger charge is -2.34. The first kappa shape index (κ1) is 37.7. The molecule has 2 unspecified atom stereocenters. The van der Waals surface area contributed by atoms with Crippen LogP contribution in [-0.4, -0.2) is 86.8 Å². The van der Waals surface area contributed by atoms with Crippen LogP contribution in [0.15, 0.2) is 66.9 Å². The summed E-state index contributed by atoms with van der Waals surface area (Å²) >= 11 is 6.65.